The lowest BCUT2D eigenvalue weighted by Crippen LogP contribution is -2.14. The second kappa shape index (κ2) is 6.70. The summed E-state index contributed by atoms with van der Waals surface area (Å²) in [6, 6.07) is 9.01. The van der Waals surface area contributed by atoms with Crippen LogP contribution in [0, 0.1) is 3.57 Å². The van der Waals surface area contributed by atoms with Crippen LogP contribution in [-0.4, -0.2) is 13.5 Å². The van der Waals surface area contributed by atoms with E-state index in [9.17, 15) is 8.42 Å². The van der Waals surface area contributed by atoms with Crippen LogP contribution < -0.4 is 4.72 Å². The number of sulfonamides is 1. The Hall–Kier alpha value is -0.540. The number of nitrogens with one attached hydrogen (secondary N) is 1. The molecule has 0 spiro atoms. The number of aliphatic hydroxyl groups is 1. The van der Waals surface area contributed by atoms with Gasteiger partial charge in [-0.15, -0.1) is 0 Å². The summed E-state index contributed by atoms with van der Waals surface area (Å²) in [6.45, 7) is -0.248. The Balaban J connectivity index is 2.36. The number of anilines is 1. The van der Waals surface area contributed by atoms with Crippen molar-refractivity contribution in [2.24, 2.45) is 0 Å². The summed E-state index contributed by atoms with van der Waals surface area (Å²) in [6.07, 6.45) is 0. The van der Waals surface area contributed by atoms with Crippen molar-refractivity contribution in [2.75, 3.05) is 4.72 Å². The highest BCUT2D eigenvalue weighted by Crippen LogP contribution is 2.26. The van der Waals surface area contributed by atoms with E-state index in [0.717, 1.165) is 0 Å². The van der Waals surface area contributed by atoms with E-state index in [1.54, 1.807) is 18.2 Å². The Morgan fingerprint density at radius 3 is 2.43 bits per heavy atom. The fourth-order valence-corrected chi connectivity index (χ4v) is 4.20. The van der Waals surface area contributed by atoms with Crippen LogP contribution in [0.15, 0.2) is 41.3 Å². The Kier molecular flexibility index (Phi) is 5.37. The predicted octanol–water partition coefficient (Wildman–Crippen LogP) is 3.89. The van der Waals surface area contributed by atoms with Crippen LogP contribution in [0.25, 0.3) is 0 Å². The first-order valence-electron chi connectivity index (χ1n) is 5.70. The van der Waals surface area contributed by atoms with E-state index in [1.807, 2.05) is 22.6 Å². The third kappa shape index (κ3) is 4.01. The van der Waals surface area contributed by atoms with E-state index in [0.29, 0.717) is 19.8 Å². The summed E-state index contributed by atoms with van der Waals surface area (Å²) in [4.78, 5) is 0.0236. The van der Waals surface area contributed by atoms with Gasteiger partial charge in [-0.25, -0.2) is 8.42 Å². The van der Waals surface area contributed by atoms with Crippen molar-refractivity contribution in [3.8, 4) is 0 Å². The lowest BCUT2D eigenvalue weighted by atomic mass is 10.2. The number of hydrogen-bond donors (Lipinski definition) is 2. The molecule has 0 heterocycles. The van der Waals surface area contributed by atoms with Gasteiger partial charge in [0.05, 0.1) is 17.2 Å². The van der Waals surface area contributed by atoms with Crippen molar-refractivity contribution in [3.63, 3.8) is 0 Å². The first kappa shape index (κ1) is 16.8. The molecule has 2 rings (SSSR count). The quantitative estimate of drug-likeness (QED) is 0.684. The zero-order chi connectivity index (χ0) is 15.6. The van der Waals surface area contributed by atoms with Crippen molar-refractivity contribution in [2.45, 2.75) is 11.5 Å². The normalized spacial score (nSPS) is 11.4. The van der Waals surface area contributed by atoms with Gasteiger partial charge >= 0.3 is 0 Å². The third-order valence-corrected chi connectivity index (χ3v) is 5.52. The van der Waals surface area contributed by atoms with Gasteiger partial charge in [0.15, 0.2) is 0 Å². The molecule has 0 radical (unpaired) electrons. The molecule has 2 N–H and O–H groups in total. The van der Waals surface area contributed by atoms with Crippen molar-refractivity contribution in [3.05, 3.63) is 55.6 Å². The summed E-state index contributed by atoms with van der Waals surface area (Å²) in [5.74, 6) is 0. The molecule has 0 atom stereocenters. The molecular formula is C13H10Cl2INO3S. The SMILES string of the molecule is O=S(=O)(Nc1ccc(Cl)cc1I)c1ccc(CO)c(Cl)c1. The lowest BCUT2D eigenvalue weighted by molar-refractivity contribution is 0.282. The molecule has 0 saturated heterocycles. The van der Waals surface area contributed by atoms with Crippen LogP contribution >= 0.6 is 45.8 Å². The summed E-state index contributed by atoms with van der Waals surface area (Å²) < 4.78 is 27.8. The minimum absolute atomic E-state index is 0.0236. The lowest BCUT2D eigenvalue weighted by Gasteiger charge is -2.11. The monoisotopic (exact) mass is 457 g/mol. The molecule has 0 amide bonds. The van der Waals surface area contributed by atoms with Gasteiger partial charge in [-0.3, -0.25) is 4.72 Å². The van der Waals surface area contributed by atoms with Gasteiger partial charge in [0.1, 0.15) is 0 Å². The van der Waals surface area contributed by atoms with E-state index in [-0.39, 0.29) is 16.5 Å². The molecule has 0 aromatic heterocycles. The fourth-order valence-electron chi connectivity index (χ4n) is 1.60. The molecule has 0 aliphatic carbocycles. The van der Waals surface area contributed by atoms with Crippen LogP contribution in [0.2, 0.25) is 10.0 Å². The minimum atomic E-state index is -3.76. The van der Waals surface area contributed by atoms with Crippen LogP contribution in [0.1, 0.15) is 5.56 Å². The topological polar surface area (TPSA) is 66.4 Å². The molecule has 0 fully saturated rings. The van der Waals surface area contributed by atoms with Gasteiger partial charge in [-0.1, -0.05) is 29.3 Å². The van der Waals surface area contributed by atoms with Gasteiger partial charge < -0.3 is 5.11 Å². The number of aliphatic hydroxyl groups excluding tert-OH is 1. The smallest absolute Gasteiger partial charge is 0.261 e. The van der Waals surface area contributed by atoms with Crippen LogP contribution in [0.3, 0.4) is 0 Å². The van der Waals surface area contributed by atoms with Crippen molar-refractivity contribution in [1.82, 2.24) is 0 Å². The number of halogens is 3. The number of benzene rings is 2. The standard InChI is InChI=1S/C13H10Cl2INO3S/c14-9-2-4-13(12(16)5-9)17-21(19,20)10-3-1-8(7-18)11(15)6-10/h1-6,17-18H,7H2. The Bertz CT molecular complexity index is 781. The summed E-state index contributed by atoms with van der Waals surface area (Å²) in [5, 5.41) is 9.77. The maximum atomic E-state index is 12.3. The Morgan fingerprint density at radius 2 is 1.86 bits per heavy atom. The van der Waals surface area contributed by atoms with Crippen molar-refractivity contribution >= 4 is 61.5 Å². The molecule has 21 heavy (non-hydrogen) atoms. The predicted molar refractivity (Wildman–Crippen MR) is 92.4 cm³/mol. The first-order valence-corrected chi connectivity index (χ1v) is 9.02. The highest BCUT2D eigenvalue weighted by Gasteiger charge is 2.17. The largest absolute Gasteiger partial charge is 0.392 e. The summed E-state index contributed by atoms with van der Waals surface area (Å²) in [7, 11) is -3.76. The zero-order valence-electron chi connectivity index (χ0n) is 10.5. The second-order valence-electron chi connectivity index (χ2n) is 4.14. The maximum absolute atomic E-state index is 12.3. The van der Waals surface area contributed by atoms with Gasteiger partial charge in [-0.2, -0.15) is 0 Å². The van der Waals surface area contributed by atoms with Crippen LogP contribution in [-0.2, 0) is 16.6 Å². The molecule has 0 aliphatic rings. The van der Waals surface area contributed by atoms with Gasteiger partial charge in [-0.05, 0) is 58.5 Å². The van der Waals surface area contributed by atoms with Crippen LogP contribution in [0.4, 0.5) is 5.69 Å². The molecule has 4 nitrogen and oxygen atoms in total. The molecule has 0 aliphatic heterocycles. The van der Waals surface area contributed by atoms with E-state index in [1.165, 1.54) is 18.2 Å². The van der Waals surface area contributed by atoms with Crippen molar-refractivity contribution in [1.29, 1.82) is 0 Å². The summed E-state index contributed by atoms with van der Waals surface area (Å²) in [5.41, 5.74) is 0.902. The second-order valence-corrected chi connectivity index (χ2v) is 7.83. The molecule has 2 aromatic rings. The first-order chi connectivity index (χ1) is 9.83. The van der Waals surface area contributed by atoms with E-state index in [4.69, 9.17) is 28.3 Å². The summed E-state index contributed by atoms with van der Waals surface area (Å²) >= 11 is 13.7. The Labute approximate surface area is 146 Å². The maximum Gasteiger partial charge on any atom is 0.261 e. The molecule has 2 aromatic carbocycles. The van der Waals surface area contributed by atoms with Gasteiger partial charge in [0.2, 0.25) is 0 Å². The average Bonchev–Trinajstić information content (AvgIpc) is 2.42. The van der Waals surface area contributed by atoms with E-state index in [2.05, 4.69) is 4.72 Å². The molecular weight excluding hydrogens is 448 g/mol. The van der Waals surface area contributed by atoms with Gasteiger partial charge in [0, 0.05) is 13.6 Å². The molecule has 0 saturated carbocycles. The fraction of sp³-hybridized carbons (Fsp3) is 0.0769. The minimum Gasteiger partial charge on any atom is -0.392 e. The number of hydrogen-bond acceptors (Lipinski definition) is 3. The molecule has 112 valence electrons. The molecule has 0 unspecified atom stereocenters. The van der Waals surface area contributed by atoms with Gasteiger partial charge in [0.25, 0.3) is 10.0 Å². The molecule has 0 bridgehead atoms. The highest BCUT2D eigenvalue weighted by atomic mass is 127. The van der Waals surface area contributed by atoms with E-state index >= 15 is 0 Å². The number of rotatable bonds is 4. The van der Waals surface area contributed by atoms with Crippen LogP contribution in [0.5, 0.6) is 0 Å². The third-order valence-electron chi connectivity index (χ3n) is 2.68. The highest BCUT2D eigenvalue weighted by molar-refractivity contribution is 14.1. The Morgan fingerprint density at radius 1 is 1.14 bits per heavy atom. The van der Waals surface area contributed by atoms with E-state index < -0.39 is 10.0 Å². The zero-order valence-corrected chi connectivity index (χ0v) is 15.0. The average molecular weight is 458 g/mol. The molecule has 8 heteroatoms. The van der Waals surface area contributed by atoms with Crippen molar-refractivity contribution < 1.29 is 13.5 Å².